The number of carbonyl (C=O) groups excluding carboxylic acids is 1. The molecule has 6 heteroatoms. The lowest BCUT2D eigenvalue weighted by Gasteiger charge is -2.07. The third-order valence-corrected chi connectivity index (χ3v) is 3.88. The van der Waals surface area contributed by atoms with Gasteiger partial charge < -0.3 is 5.32 Å². The van der Waals surface area contributed by atoms with Gasteiger partial charge in [0.1, 0.15) is 17.2 Å². The number of carbonyl (C=O) groups is 1. The second kappa shape index (κ2) is 7.25. The van der Waals surface area contributed by atoms with Crippen molar-refractivity contribution < 1.29 is 13.6 Å². The molecule has 0 unspecified atom stereocenters. The van der Waals surface area contributed by atoms with Gasteiger partial charge >= 0.3 is 0 Å². The normalized spacial score (nSPS) is 10.7. The molecule has 0 saturated carbocycles. The van der Waals surface area contributed by atoms with Crippen LogP contribution in [0.3, 0.4) is 0 Å². The SMILES string of the molecule is Cn1cc(-c2ccc(CCNC(=O)c3c(F)cccc3F)cc2)cn1. The largest absolute Gasteiger partial charge is 0.352 e. The summed E-state index contributed by atoms with van der Waals surface area (Å²) in [7, 11) is 1.86. The van der Waals surface area contributed by atoms with Gasteiger partial charge in [-0.3, -0.25) is 9.48 Å². The highest BCUT2D eigenvalue weighted by Crippen LogP contribution is 2.19. The van der Waals surface area contributed by atoms with Crippen LogP contribution in [-0.4, -0.2) is 22.2 Å². The van der Waals surface area contributed by atoms with E-state index in [4.69, 9.17) is 0 Å². The van der Waals surface area contributed by atoms with Gasteiger partial charge in [-0.2, -0.15) is 5.10 Å². The molecule has 0 aliphatic rings. The lowest BCUT2D eigenvalue weighted by molar-refractivity contribution is 0.0945. The van der Waals surface area contributed by atoms with Gasteiger partial charge in [-0.1, -0.05) is 30.3 Å². The van der Waals surface area contributed by atoms with E-state index in [1.165, 1.54) is 6.07 Å². The van der Waals surface area contributed by atoms with Crippen LogP contribution < -0.4 is 5.32 Å². The molecule has 25 heavy (non-hydrogen) atoms. The minimum absolute atomic E-state index is 0.291. The van der Waals surface area contributed by atoms with Gasteiger partial charge in [-0.15, -0.1) is 0 Å². The van der Waals surface area contributed by atoms with Crippen molar-refractivity contribution in [3.8, 4) is 11.1 Å². The molecule has 0 aliphatic heterocycles. The summed E-state index contributed by atoms with van der Waals surface area (Å²) in [6, 6.07) is 11.2. The second-order valence-electron chi connectivity index (χ2n) is 5.70. The van der Waals surface area contributed by atoms with Gasteiger partial charge in [0.05, 0.1) is 6.20 Å². The number of halogens is 2. The molecule has 1 amide bonds. The monoisotopic (exact) mass is 341 g/mol. The van der Waals surface area contributed by atoms with Crippen LogP contribution in [0.25, 0.3) is 11.1 Å². The van der Waals surface area contributed by atoms with Crippen molar-refractivity contribution in [1.29, 1.82) is 0 Å². The molecule has 0 aliphatic carbocycles. The molecule has 4 nitrogen and oxygen atoms in total. The Morgan fingerprint density at radius 1 is 1.08 bits per heavy atom. The summed E-state index contributed by atoms with van der Waals surface area (Å²) in [5, 5.41) is 6.68. The van der Waals surface area contributed by atoms with Crippen LogP contribution in [0.1, 0.15) is 15.9 Å². The van der Waals surface area contributed by atoms with Crippen molar-refractivity contribution in [2.45, 2.75) is 6.42 Å². The molecule has 0 saturated heterocycles. The number of hydrogen-bond donors (Lipinski definition) is 1. The van der Waals surface area contributed by atoms with E-state index >= 15 is 0 Å². The Morgan fingerprint density at radius 3 is 2.36 bits per heavy atom. The maximum absolute atomic E-state index is 13.6. The highest BCUT2D eigenvalue weighted by Gasteiger charge is 2.16. The molecule has 3 aromatic rings. The van der Waals surface area contributed by atoms with E-state index in [1.807, 2.05) is 37.5 Å². The van der Waals surface area contributed by atoms with Crippen molar-refractivity contribution in [2.24, 2.45) is 7.05 Å². The molecule has 128 valence electrons. The van der Waals surface area contributed by atoms with E-state index in [0.29, 0.717) is 13.0 Å². The molecule has 0 atom stereocenters. The van der Waals surface area contributed by atoms with Gasteiger partial charge in [-0.25, -0.2) is 8.78 Å². The Morgan fingerprint density at radius 2 is 1.76 bits per heavy atom. The number of nitrogens with one attached hydrogen (secondary N) is 1. The zero-order chi connectivity index (χ0) is 17.8. The van der Waals surface area contributed by atoms with E-state index in [0.717, 1.165) is 28.8 Å². The third kappa shape index (κ3) is 3.91. The van der Waals surface area contributed by atoms with E-state index in [2.05, 4.69) is 10.4 Å². The number of amides is 1. The predicted octanol–water partition coefficient (Wildman–Crippen LogP) is 3.34. The first-order chi connectivity index (χ1) is 12.0. The topological polar surface area (TPSA) is 46.9 Å². The summed E-state index contributed by atoms with van der Waals surface area (Å²) in [6.45, 7) is 0.291. The predicted molar refractivity (Wildman–Crippen MR) is 91.0 cm³/mol. The number of aromatic nitrogens is 2. The molecule has 0 bridgehead atoms. The standard InChI is InChI=1S/C19H17F2N3O/c1-24-12-15(11-23-24)14-7-5-13(6-8-14)9-10-22-19(25)18-16(20)3-2-4-17(18)21/h2-8,11-12H,9-10H2,1H3,(H,22,25). The lowest BCUT2D eigenvalue weighted by atomic mass is 10.1. The molecule has 3 rings (SSSR count). The average molecular weight is 341 g/mol. The Kier molecular flexibility index (Phi) is 4.88. The minimum Gasteiger partial charge on any atom is -0.352 e. The van der Waals surface area contributed by atoms with Crippen LogP contribution >= 0.6 is 0 Å². The fraction of sp³-hybridized carbons (Fsp3) is 0.158. The average Bonchev–Trinajstić information content (AvgIpc) is 3.02. The number of hydrogen-bond acceptors (Lipinski definition) is 2. The number of nitrogens with zero attached hydrogens (tertiary/aromatic N) is 2. The molecule has 0 radical (unpaired) electrons. The van der Waals surface area contributed by atoms with Crippen molar-refractivity contribution in [2.75, 3.05) is 6.54 Å². The second-order valence-corrected chi connectivity index (χ2v) is 5.70. The first-order valence-electron chi connectivity index (χ1n) is 7.85. The van der Waals surface area contributed by atoms with Gasteiger partial charge in [0.2, 0.25) is 0 Å². The quantitative estimate of drug-likeness (QED) is 0.774. The summed E-state index contributed by atoms with van der Waals surface area (Å²) in [4.78, 5) is 11.9. The Bertz CT molecular complexity index is 868. The molecule has 0 spiro atoms. The van der Waals surface area contributed by atoms with Crippen LogP contribution in [0, 0.1) is 11.6 Å². The fourth-order valence-corrected chi connectivity index (χ4v) is 2.56. The van der Waals surface area contributed by atoms with Crippen LogP contribution in [0.15, 0.2) is 54.9 Å². The van der Waals surface area contributed by atoms with Crippen LogP contribution in [0.4, 0.5) is 8.78 Å². The molecule has 1 aromatic heterocycles. The van der Waals surface area contributed by atoms with E-state index < -0.39 is 23.1 Å². The summed E-state index contributed by atoms with van der Waals surface area (Å²) in [5.41, 5.74) is 2.54. The van der Waals surface area contributed by atoms with Crippen LogP contribution in [0.5, 0.6) is 0 Å². The smallest absolute Gasteiger partial charge is 0.257 e. The fourth-order valence-electron chi connectivity index (χ4n) is 2.56. The maximum atomic E-state index is 13.6. The van der Waals surface area contributed by atoms with E-state index in [1.54, 1.807) is 10.9 Å². The van der Waals surface area contributed by atoms with Crippen LogP contribution in [0.2, 0.25) is 0 Å². The van der Waals surface area contributed by atoms with Crippen molar-refractivity contribution >= 4 is 5.91 Å². The molecule has 0 fully saturated rings. The maximum Gasteiger partial charge on any atom is 0.257 e. The van der Waals surface area contributed by atoms with E-state index in [-0.39, 0.29) is 0 Å². The summed E-state index contributed by atoms with van der Waals surface area (Å²) in [5.74, 6) is -2.47. The zero-order valence-electron chi connectivity index (χ0n) is 13.7. The molecular formula is C19H17F2N3O. The number of benzene rings is 2. The van der Waals surface area contributed by atoms with Crippen molar-refractivity contribution in [1.82, 2.24) is 15.1 Å². The van der Waals surface area contributed by atoms with E-state index in [9.17, 15) is 13.6 Å². The molecular weight excluding hydrogens is 324 g/mol. The van der Waals surface area contributed by atoms with Crippen molar-refractivity contribution in [3.63, 3.8) is 0 Å². The first kappa shape index (κ1) is 16.8. The van der Waals surface area contributed by atoms with Crippen molar-refractivity contribution in [3.05, 3.63) is 77.6 Å². The summed E-state index contributed by atoms with van der Waals surface area (Å²) < 4.78 is 28.8. The van der Waals surface area contributed by atoms with Gasteiger partial charge in [0.25, 0.3) is 5.91 Å². The highest BCUT2D eigenvalue weighted by atomic mass is 19.1. The molecule has 1 heterocycles. The minimum atomic E-state index is -0.863. The van der Waals surface area contributed by atoms with Gasteiger partial charge in [-0.05, 0) is 29.7 Å². The Hall–Kier alpha value is -3.02. The number of rotatable bonds is 5. The van der Waals surface area contributed by atoms with Crippen LogP contribution in [-0.2, 0) is 13.5 Å². The lowest BCUT2D eigenvalue weighted by Crippen LogP contribution is -2.27. The number of aryl methyl sites for hydroxylation is 1. The molecule has 2 aromatic carbocycles. The molecule has 1 N–H and O–H groups in total. The van der Waals surface area contributed by atoms with Gasteiger partial charge in [0, 0.05) is 25.4 Å². The third-order valence-electron chi connectivity index (χ3n) is 3.88. The Labute approximate surface area is 144 Å². The highest BCUT2D eigenvalue weighted by molar-refractivity contribution is 5.94. The first-order valence-corrected chi connectivity index (χ1v) is 7.85. The van der Waals surface area contributed by atoms with Gasteiger partial charge in [0.15, 0.2) is 0 Å². The summed E-state index contributed by atoms with van der Waals surface area (Å²) >= 11 is 0. The summed E-state index contributed by atoms with van der Waals surface area (Å²) in [6.07, 6.45) is 4.28. The Balaban J connectivity index is 1.58. The zero-order valence-corrected chi connectivity index (χ0v) is 13.7.